The quantitative estimate of drug-likeness (QED) is 0.734. The van der Waals surface area contributed by atoms with E-state index in [2.05, 4.69) is 9.71 Å². The molecule has 1 aromatic heterocycles. The van der Waals surface area contributed by atoms with Gasteiger partial charge in [0.05, 0.1) is 11.9 Å². The molecule has 1 saturated heterocycles. The number of nitrogens with one attached hydrogen (secondary N) is 1. The third-order valence-electron chi connectivity index (χ3n) is 3.58. The molecule has 0 radical (unpaired) electrons. The average molecular weight is 320 g/mol. The zero-order valence-corrected chi connectivity index (χ0v) is 12.5. The van der Waals surface area contributed by atoms with E-state index < -0.39 is 20.0 Å². The fourth-order valence-corrected chi connectivity index (χ4v) is 5.25. The lowest BCUT2D eigenvalue weighted by molar-refractivity contribution is 0.433. The van der Waals surface area contributed by atoms with Crippen LogP contribution in [0.25, 0.3) is 0 Å². The van der Waals surface area contributed by atoms with E-state index in [0.717, 1.165) is 18.7 Å². The van der Waals surface area contributed by atoms with E-state index in [1.807, 2.05) is 0 Å². The van der Waals surface area contributed by atoms with Crippen molar-refractivity contribution in [2.45, 2.75) is 24.4 Å². The fraction of sp³-hybridized carbons (Fsp3) is 0.700. The smallest absolute Gasteiger partial charge is 0.260 e. The minimum absolute atomic E-state index is 0.0296. The topological polar surface area (TPSA) is 101 Å². The zero-order valence-electron chi connectivity index (χ0n) is 10.8. The largest absolute Gasteiger partial charge is 0.318 e. The van der Waals surface area contributed by atoms with Gasteiger partial charge in [0, 0.05) is 32.6 Å². The molecule has 3 rings (SSSR count). The van der Waals surface area contributed by atoms with Crippen molar-refractivity contribution in [1.29, 1.82) is 0 Å². The molecule has 3 heterocycles. The van der Waals surface area contributed by atoms with Crippen LogP contribution in [0.1, 0.15) is 12.2 Å². The highest BCUT2D eigenvalue weighted by Gasteiger charge is 2.33. The first kappa shape index (κ1) is 14.0. The predicted octanol–water partition coefficient (Wildman–Crippen LogP) is -1.25. The van der Waals surface area contributed by atoms with E-state index in [1.165, 1.54) is 10.5 Å². The van der Waals surface area contributed by atoms with Crippen molar-refractivity contribution in [3.8, 4) is 0 Å². The minimum atomic E-state index is -3.69. The molecule has 8 nitrogen and oxygen atoms in total. The second kappa shape index (κ2) is 4.79. The molecule has 10 heteroatoms. The Morgan fingerprint density at radius 3 is 2.85 bits per heavy atom. The van der Waals surface area contributed by atoms with Crippen molar-refractivity contribution in [2.75, 3.05) is 25.4 Å². The van der Waals surface area contributed by atoms with Gasteiger partial charge in [-0.05, 0) is 6.42 Å². The Morgan fingerprint density at radius 2 is 2.05 bits per heavy atom. The Balaban J connectivity index is 1.92. The van der Waals surface area contributed by atoms with Crippen molar-refractivity contribution in [1.82, 2.24) is 18.6 Å². The highest BCUT2D eigenvalue weighted by atomic mass is 32.2. The van der Waals surface area contributed by atoms with Crippen LogP contribution in [0.2, 0.25) is 0 Å². The predicted molar refractivity (Wildman–Crippen MR) is 71.1 cm³/mol. The number of aryl methyl sites for hydroxylation is 1. The van der Waals surface area contributed by atoms with Gasteiger partial charge in [0.1, 0.15) is 5.82 Å². The molecular weight excluding hydrogens is 304 g/mol. The van der Waals surface area contributed by atoms with Gasteiger partial charge in [0.2, 0.25) is 10.0 Å². The van der Waals surface area contributed by atoms with Gasteiger partial charge in [-0.1, -0.05) is 0 Å². The lowest BCUT2D eigenvalue weighted by Gasteiger charge is -2.19. The monoisotopic (exact) mass is 320 g/mol. The van der Waals surface area contributed by atoms with Crippen molar-refractivity contribution in [3.63, 3.8) is 0 Å². The van der Waals surface area contributed by atoms with E-state index >= 15 is 0 Å². The van der Waals surface area contributed by atoms with E-state index in [-0.39, 0.29) is 30.4 Å². The third kappa shape index (κ3) is 2.36. The first-order chi connectivity index (χ1) is 9.40. The van der Waals surface area contributed by atoms with Gasteiger partial charge in [-0.2, -0.15) is 4.31 Å². The maximum Gasteiger partial charge on any atom is 0.260 e. The van der Waals surface area contributed by atoms with E-state index in [9.17, 15) is 16.8 Å². The fourth-order valence-electron chi connectivity index (χ4n) is 2.54. The van der Waals surface area contributed by atoms with Crippen molar-refractivity contribution in [2.24, 2.45) is 0 Å². The van der Waals surface area contributed by atoms with Crippen LogP contribution in [-0.4, -0.2) is 56.1 Å². The summed E-state index contributed by atoms with van der Waals surface area (Å²) >= 11 is 0. The number of fused-ring (bicyclic) bond motifs is 1. The van der Waals surface area contributed by atoms with Gasteiger partial charge in [-0.3, -0.25) is 0 Å². The maximum atomic E-state index is 12.6. The summed E-state index contributed by atoms with van der Waals surface area (Å²) in [5.41, 5.74) is 0. The SMILES string of the molecule is O=S1(=O)CCN(S(=O)(=O)c2cnc3n2CCC3)CCN1. The first-order valence-corrected chi connectivity index (χ1v) is 9.51. The van der Waals surface area contributed by atoms with E-state index in [1.54, 1.807) is 4.57 Å². The number of sulfonamides is 2. The molecule has 1 fully saturated rings. The highest BCUT2D eigenvalue weighted by Crippen LogP contribution is 2.23. The summed E-state index contributed by atoms with van der Waals surface area (Å²) in [4.78, 5) is 4.13. The minimum Gasteiger partial charge on any atom is -0.318 e. The Labute approximate surface area is 117 Å². The molecule has 0 bridgehead atoms. The molecule has 1 aromatic rings. The Morgan fingerprint density at radius 1 is 1.25 bits per heavy atom. The number of aromatic nitrogens is 2. The summed E-state index contributed by atoms with van der Waals surface area (Å²) in [6.07, 6.45) is 3.05. The molecule has 0 amide bonds. The van der Waals surface area contributed by atoms with Gasteiger partial charge in [0.25, 0.3) is 10.0 Å². The van der Waals surface area contributed by atoms with Crippen LogP contribution in [0.4, 0.5) is 0 Å². The average Bonchev–Trinajstić information content (AvgIpc) is 2.90. The molecule has 0 saturated carbocycles. The van der Waals surface area contributed by atoms with Gasteiger partial charge < -0.3 is 4.57 Å². The molecule has 0 spiro atoms. The first-order valence-electron chi connectivity index (χ1n) is 6.42. The van der Waals surface area contributed by atoms with Gasteiger partial charge in [-0.15, -0.1) is 0 Å². The Hall–Kier alpha value is -0.970. The number of hydrogen-bond donors (Lipinski definition) is 1. The molecule has 1 N–H and O–H groups in total. The standard InChI is InChI=1S/C10H16N4O4S2/c15-19(16)7-6-13(5-3-12-19)20(17,18)10-8-11-9-2-1-4-14(9)10/h8,12H,1-7H2. The normalized spacial score (nSPS) is 23.4. The van der Waals surface area contributed by atoms with Crippen LogP contribution < -0.4 is 4.72 Å². The van der Waals surface area contributed by atoms with Gasteiger partial charge in [-0.25, -0.2) is 26.5 Å². The van der Waals surface area contributed by atoms with E-state index in [0.29, 0.717) is 6.54 Å². The lowest BCUT2D eigenvalue weighted by Crippen LogP contribution is -2.35. The van der Waals surface area contributed by atoms with Crippen LogP contribution in [0.5, 0.6) is 0 Å². The maximum absolute atomic E-state index is 12.6. The Kier molecular flexibility index (Phi) is 3.35. The van der Waals surface area contributed by atoms with Gasteiger partial charge in [0.15, 0.2) is 5.03 Å². The Bertz CT molecular complexity index is 722. The molecule has 20 heavy (non-hydrogen) atoms. The second-order valence-electron chi connectivity index (χ2n) is 4.89. The summed E-state index contributed by atoms with van der Waals surface area (Å²) in [6, 6.07) is 0. The molecule has 0 atom stereocenters. The highest BCUT2D eigenvalue weighted by molar-refractivity contribution is 7.90. The van der Waals surface area contributed by atoms with E-state index in [4.69, 9.17) is 0 Å². The molecule has 0 unspecified atom stereocenters. The third-order valence-corrected chi connectivity index (χ3v) is 6.84. The summed E-state index contributed by atoms with van der Waals surface area (Å²) < 4.78 is 53.5. The zero-order chi connectivity index (χ0) is 14.4. The molecule has 112 valence electrons. The van der Waals surface area contributed by atoms with Crippen molar-refractivity contribution in [3.05, 3.63) is 12.0 Å². The number of nitrogens with zero attached hydrogens (tertiary/aromatic N) is 3. The van der Waals surface area contributed by atoms with Crippen LogP contribution in [0, 0.1) is 0 Å². The molecular formula is C10H16N4O4S2. The number of imidazole rings is 1. The number of rotatable bonds is 2. The summed E-state index contributed by atoms with van der Waals surface area (Å²) in [5, 5.41) is 0.171. The molecule has 0 aliphatic carbocycles. The van der Waals surface area contributed by atoms with Gasteiger partial charge >= 0.3 is 0 Å². The summed E-state index contributed by atoms with van der Waals surface area (Å²) in [5.74, 6) is 0.567. The number of hydrogen-bond acceptors (Lipinski definition) is 5. The summed E-state index contributed by atoms with van der Waals surface area (Å²) in [7, 11) is -7.06. The van der Waals surface area contributed by atoms with Crippen LogP contribution in [0.15, 0.2) is 11.2 Å². The van der Waals surface area contributed by atoms with Crippen molar-refractivity contribution >= 4 is 20.0 Å². The second-order valence-corrected chi connectivity index (χ2v) is 8.70. The molecule has 0 aromatic carbocycles. The lowest BCUT2D eigenvalue weighted by atomic mass is 10.4. The van der Waals surface area contributed by atoms with Crippen molar-refractivity contribution < 1.29 is 16.8 Å². The van der Waals surface area contributed by atoms with Crippen LogP contribution >= 0.6 is 0 Å². The molecule has 2 aliphatic heterocycles. The van der Waals surface area contributed by atoms with Crippen LogP contribution in [0.3, 0.4) is 0 Å². The van der Waals surface area contributed by atoms with Crippen LogP contribution in [-0.2, 0) is 33.0 Å². The molecule has 2 aliphatic rings. The summed E-state index contributed by atoms with van der Waals surface area (Å²) in [6.45, 7) is 0.858.